The first kappa shape index (κ1) is 26.9. The minimum Gasteiger partial charge on any atom is -0.385 e. The van der Waals surface area contributed by atoms with Crippen molar-refractivity contribution < 1.29 is 40.6 Å². The van der Waals surface area contributed by atoms with Crippen LogP contribution in [0.25, 0.3) is 16.9 Å². The Hall–Kier alpha value is -3.74. The number of carbonyl (C=O) groups is 1. The third-order valence-corrected chi connectivity index (χ3v) is 5.20. The number of halogens is 7. The zero-order chi connectivity index (χ0) is 26.8. The number of aromatic nitrogens is 2. The molecule has 0 fully saturated rings. The van der Waals surface area contributed by atoms with Gasteiger partial charge in [0.25, 0.3) is 17.9 Å². The highest BCUT2D eigenvalue weighted by molar-refractivity contribution is 5.95. The smallest absolute Gasteiger partial charge is 0.385 e. The number of benzene rings is 2. The molecule has 0 saturated carbocycles. The van der Waals surface area contributed by atoms with Crippen molar-refractivity contribution in [3.63, 3.8) is 0 Å². The molecule has 1 aromatic heterocycles. The number of nitrogens with one attached hydrogen (secondary N) is 1. The van der Waals surface area contributed by atoms with Crippen molar-refractivity contribution in [2.75, 3.05) is 6.67 Å². The third-order valence-electron chi connectivity index (χ3n) is 5.20. The summed E-state index contributed by atoms with van der Waals surface area (Å²) in [6.07, 6.45) is -8.07. The van der Waals surface area contributed by atoms with Gasteiger partial charge in [0.05, 0.1) is 16.9 Å². The number of alkyl halides is 6. The monoisotopic (exact) mass is 517 g/mol. The van der Waals surface area contributed by atoms with E-state index in [0.717, 1.165) is 49.4 Å². The molecule has 1 heterocycles. The summed E-state index contributed by atoms with van der Waals surface area (Å²) in [6.45, 7) is -0.932. The summed E-state index contributed by atoms with van der Waals surface area (Å²) < 4.78 is 93.1. The van der Waals surface area contributed by atoms with Crippen LogP contribution in [0, 0.1) is 5.82 Å². The zero-order valence-electron chi connectivity index (χ0n) is 18.4. The molecular formula is C23H18F7N3O3. The van der Waals surface area contributed by atoms with E-state index in [1.807, 2.05) is 0 Å². The molecule has 0 aliphatic rings. The predicted octanol–water partition coefficient (Wildman–Crippen LogP) is 4.14. The van der Waals surface area contributed by atoms with Crippen LogP contribution in [-0.2, 0) is 6.18 Å². The first-order chi connectivity index (χ1) is 16.7. The van der Waals surface area contributed by atoms with Gasteiger partial charge in [-0.15, -0.1) is 0 Å². The van der Waals surface area contributed by atoms with Crippen molar-refractivity contribution in [1.29, 1.82) is 0 Å². The van der Waals surface area contributed by atoms with Crippen molar-refractivity contribution >= 4 is 5.91 Å². The lowest BCUT2D eigenvalue weighted by molar-refractivity contribution is -0.137. The molecule has 0 aliphatic heterocycles. The van der Waals surface area contributed by atoms with Gasteiger partial charge in [-0.2, -0.15) is 23.0 Å². The number of hydrogen-bond acceptors (Lipinski definition) is 4. The van der Waals surface area contributed by atoms with Crippen LogP contribution < -0.4 is 10.9 Å². The van der Waals surface area contributed by atoms with E-state index in [9.17, 15) is 45.4 Å². The van der Waals surface area contributed by atoms with Crippen LogP contribution in [0.15, 0.2) is 59.4 Å². The fraction of sp³-hybridized carbons (Fsp3) is 0.261. The zero-order valence-corrected chi connectivity index (χ0v) is 18.4. The SMILES string of the molecule is CC(O)(CF)C(NC(=O)c1cc(-c2ccc(C(F)(F)F)cc2)nn(-c2cccc(F)c2)c1=O)C(F)F. The van der Waals surface area contributed by atoms with Crippen molar-refractivity contribution in [1.82, 2.24) is 15.1 Å². The molecule has 2 N–H and O–H groups in total. The van der Waals surface area contributed by atoms with Gasteiger partial charge in [0.2, 0.25) is 0 Å². The van der Waals surface area contributed by atoms with Crippen LogP contribution in [-0.4, -0.2) is 45.5 Å². The first-order valence-corrected chi connectivity index (χ1v) is 10.2. The molecule has 2 aromatic carbocycles. The van der Waals surface area contributed by atoms with Gasteiger partial charge in [-0.25, -0.2) is 17.6 Å². The van der Waals surface area contributed by atoms with E-state index in [4.69, 9.17) is 0 Å². The lowest BCUT2D eigenvalue weighted by Crippen LogP contribution is -2.57. The van der Waals surface area contributed by atoms with Crippen molar-refractivity contribution in [2.24, 2.45) is 0 Å². The molecule has 0 aliphatic carbocycles. The number of aliphatic hydroxyl groups is 1. The normalized spacial score (nSPS) is 14.4. The van der Waals surface area contributed by atoms with E-state index in [0.29, 0.717) is 4.68 Å². The summed E-state index contributed by atoms with van der Waals surface area (Å²) in [5, 5.41) is 15.6. The van der Waals surface area contributed by atoms with Crippen LogP contribution >= 0.6 is 0 Å². The molecule has 3 rings (SSSR count). The molecule has 192 valence electrons. The second-order valence-electron chi connectivity index (χ2n) is 7.99. The molecule has 2 atom stereocenters. The van der Waals surface area contributed by atoms with Gasteiger partial charge < -0.3 is 10.4 Å². The van der Waals surface area contributed by atoms with Gasteiger partial charge in [0.15, 0.2) is 0 Å². The largest absolute Gasteiger partial charge is 0.416 e. The van der Waals surface area contributed by atoms with Crippen LogP contribution in [0.3, 0.4) is 0 Å². The van der Waals surface area contributed by atoms with Crippen molar-refractivity contribution in [2.45, 2.75) is 31.2 Å². The maximum Gasteiger partial charge on any atom is 0.416 e. The maximum atomic E-state index is 13.8. The maximum absolute atomic E-state index is 13.8. The van der Waals surface area contributed by atoms with Crippen LogP contribution in [0.1, 0.15) is 22.8 Å². The highest BCUT2D eigenvalue weighted by atomic mass is 19.4. The molecule has 0 bridgehead atoms. The van der Waals surface area contributed by atoms with Crippen LogP contribution in [0.2, 0.25) is 0 Å². The standard InChI is InChI=1S/C23H18F7N3O3/c1-22(36,11-24)18(19(26)27)31-20(34)16-10-17(12-5-7-13(8-6-12)23(28,29)30)32-33(21(16)35)15-4-2-3-14(25)9-15/h2-10,18-19,36H,11H2,1H3,(H,31,34). The number of amides is 1. The van der Waals surface area contributed by atoms with E-state index < -0.39 is 59.3 Å². The van der Waals surface area contributed by atoms with E-state index in [1.165, 1.54) is 12.1 Å². The highest BCUT2D eigenvalue weighted by Crippen LogP contribution is 2.30. The summed E-state index contributed by atoms with van der Waals surface area (Å²) >= 11 is 0. The first-order valence-electron chi connectivity index (χ1n) is 10.2. The molecule has 6 nitrogen and oxygen atoms in total. The summed E-state index contributed by atoms with van der Waals surface area (Å²) in [5.74, 6) is -2.23. The van der Waals surface area contributed by atoms with E-state index >= 15 is 0 Å². The van der Waals surface area contributed by atoms with Crippen molar-refractivity contribution in [3.05, 3.63) is 81.9 Å². The molecule has 0 radical (unpaired) electrons. The Morgan fingerprint density at radius 2 is 1.75 bits per heavy atom. The number of nitrogens with zero attached hydrogens (tertiary/aromatic N) is 2. The Morgan fingerprint density at radius 3 is 2.28 bits per heavy atom. The fourth-order valence-electron chi connectivity index (χ4n) is 3.20. The molecule has 13 heteroatoms. The molecule has 36 heavy (non-hydrogen) atoms. The minimum absolute atomic E-state index is 0.00312. The van der Waals surface area contributed by atoms with Crippen LogP contribution in [0.4, 0.5) is 30.7 Å². The lowest BCUT2D eigenvalue weighted by atomic mass is 9.98. The van der Waals surface area contributed by atoms with Crippen LogP contribution in [0.5, 0.6) is 0 Å². The second-order valence-corrected chi connectivity index (χ2v) is 7.99. The van der Waals surface area contributed by atoms with Gasteiger partial charge in [0, 0.05) is 5.56 Å². The lowest BCUT2D eigenvalue weighted by Gasteiger charge is -2.30. The Bertz CT molecular complexity index is 1310. The molecule has 0 saturated heterocycles. The molecular weight excluding hydrogens is 499 g/mol. The topological polar surface area (TPSA) is 84.2 Å². The fourth-order valence-corrected chi connectivity index (χ4v) is 3.20. The van der Waals surface area contributed by atoms with Gasteiger partial charge in [-0.1, -0.05) is 18.2 Å². The summed E-state index contributed by atoms with van der Waals surface area (Å²) in [5.41, 5.74) is -6.09. The van der Waals surface area contributed by atoms with E-state index in [2.05, 4.69) is 5.10 Å². The van der Waals surface area contributed by atoms with Gasteiger partial charge >= 0.3 is 6.18 Å². The highest BCUT2D eigenvalue weighted by Gasteiger charge is 2.40. The van der Waals surface area contributed by atoms with E-state index in [1.54, 1.807) is 5.32 Å². The average Bonchev–Trinajstić information content (AvgIpc) is 2.81. The second kappa shape index (κ2) is 10.1. The molecule has 1 amide bonds. The average molecular weight is 517 g/mol. The van der Waals surface area contributed by atoms with E-state index in [-0.39, 0.29) is 16.9 Å². The Balaban J connectivity index is 2.17. The number of carbonyl (C=O) groups excluding carboxylic acids is 1. The van der Waals surface area contributed by atoms with Crippen molar-refractivity contribution in [3.8, 4) is 16.9 Å². The van der Waals surface area contributed by atoms with Gasteiger partial charge in [-0.05, 0) is 43.3 Å². The molecule has 0 spiro atoms. The Labute approximate surface area is 199 Å². The van der Waals surface area contributed by atoms with Gasteiger partial charge in [0.1, 0.15) is 29.7 Å². The summed E-state index contributed by atoms with van der Waals surface area (Å²) in [4.78, 5) is 25.8. The number of rotatable bonds is 7. The summed E-state index contributed by atoms with van der Waals surface area (Å²) in [6, 6.07) is 6.25. The quantitative estimate of drug-likeness (QED) is 0.462. The third kappa shape index (κ3) is 5.73. The molecule has 3 aromatic rings. The number of hydrogen-bond donors (Lipinski definition) is 2. The Morgan fingerprint density at radius 1 is 1.11 bits per heavy atom. The Kier molecular flexibility index (Phi) is 7.53. The minimum atomic E-state index is -4.64. The molecule has 2 unspecified atom stereocenters. The summed E-state index contributed by atoms with van der Waals surface area (Å²) in [7, 11) is 0. The van der Waals surface area contributed by atoms with Gasteiger partial charge in [-0.3, -0.25) is 9.59 Å². The predicted molar refractivity (Wildman–Crippen MR) is 114 cm³/mol.